The Kier molecular flexibility index (Phi) is 9.48. The van der Waals surface area contributed by atoms with Crippen molar-refractivity contribution in [3.05, 3.63) is 70.2 Å². The highest BCUT2D eigenvalue weighted by Crippen LogP contribution is 2.15. The van der Waals surface area contributed by atoms with Crippen molar-refractivity contribution in [3.8, 4) is 0 Å². The van der Waals surface area contributed by atoms with Gasteiger partial charge in [-0.15, -0.1) is 0 Å². The summed E-state index contributed by atoms with van der Waals surface area (Å²) < 4.78 is 11.4. The van der Waals surface area contributed by atoms with Crippen molar-refractivity contribution in [2.24, 2.45) is 4.99 Å². The smallest absolute Gasteiger partial charge is 0.191 e. The third kappa shape index (κ3) is 7.98. The van der Waals surface area contributed by atoms with Crippen LogP contribution >= 0.6 is 11.6 Å². The highest BCUT2D eigenvalue weighted by atomic mass is 35.5. The molecule has 6 heteroatoms. The Morgan fingerprint density at radius 2 is 1.83 bits per heavy atom. The molecule has 1 fully saturated rings. The quantitative estimate of drug-likeness (QED) is 0.460. The van der Waals surface area contributed by atoms with E-state index in [9.17, 15) is 0 Å². The lowest BCUT2D eigenvalue weighted by Gasteiger charge is -2.22. The van der Waals surface area contributed by atoms with Gasteiger partial charge in [-0.1, -0.05) is 48.0 Å². The zero-order chi connectivity index (χ0) is 21.0. The molecule has 0 spiro atoms. The van der Waals surface area contributed by atoms with E-state index in [0.717, 1.165) is 56.5 Å². The topological polar surface area (TPSA) is 54.9 Å². The molecule has 0 bridgehead atoms. The van der Waals surface area contributed by atoms with Gasteiger partial charge < -0.3 is 20.1 Å². The van der Waals surface area contributed by atoms with Gasteiger partial charge in [0.2, 0.25) is 0 Å². The highest BCUT2D eigenvalue weighted by molar-refractivity contribution is 6.30. The van der Waals surface area contributed by atoms with Crippen LogP contribution < -0.4 is 10.6 Å². The first-order chi connectivity index (χ1) is 14.7. The summed E-state index contributed by atoms with van der Waals surface area (Å²) in [6.45, 7) is 6.56. The predicted octanol–water partition coefficient (Wildman–Crippen LogP) is 4.33. The van der Waals surface area contributed by atoms with Crippen LogP contribution in [0, 0.1) is 0 Å². The number of ether oxygens (including phenoxy) is 2. The Morgan fingerprint density at radius 1 is 1.07 bits per heavy atom. The number of benzene rings is 2. The molecule has 0 unspecified atom stereocenters. The number of rotatable bonds is 9. The van der Waals surface area contributed by atoms with E-state index in [1.807, 2.05) is 18.2 Å². The Balaban J connectivity index is 1.49. The Labute approximate surface area is 184 Å². The minimum absolute atomic E-state index is 0.310. The summed E-state index contributed by atoms with van der Waals surface area (Å²) in [5.74, 6) is 0.823. The van der Waals surface area contributed by atoms with Gasteiger partial charge in [0.15, 0.2) is 5.96 Å². The molecule has 1 aliphatic rings. The largest absolute Gasteiger partial charge is 0.381 e. The van der Waals surface area contributed by atoms with Gasteiger partial charge in [-0.25, -0.2) is 4.99 Å². The van der Waals surface area contributed by atoms with Crippen LogP contribution in [-0.2, 0) is 29.0 Å². The van der Waals surface area contributed by atoms with Gasteiger partial charge >= 0.3 is 0 Å². The molecule has 0 saturated carbocycles. The van der Waals surface area contributed by atoms with Gasteiger partial charge in [-0.3, -0.25) is 0 Å². The first kappa shape index (κ1) is 22.6. The van der Waals surface area contributed by atoms with Gasteiger partial charge in [-0.05, 0) is 55.0 Å². The van der Waals surface area contributed by atoms with Gasteiger partial charge in [0, 0.05) is 31.3 Å². The molecule has 3 rings (SSSR count). The average molecular weight is 430 g/mol. The van der Waals surface area contributed by atoms with Crippen LogP contribution in [-0.4, -0.2) is 38.4 Å². The van der Waals surface area contributed by atoms with Crippen LogP contribution in [0.5, 0.6) is 0 Å². The minimum atomic E-state index is 0.310. The van der Waals surface area contributed by atoms with Crippen LogP contribution in [0.1, 0.15) is 36.5 Å². The summed E-state index contributed by atoms with van der Waals surface area (Å²) in [4.78, 5) is 4.73. The number of guanidine groups is 1. The summed E-state index contributed by atoms with van der Waals surface area (Å²) >= 11 is 6.06. The lowest BCUT2D eigenvalue weighted by molar-refractivity contribution is -0.0390. The fourth-order valence-corrected chi connectivity index (χ4v) is 3.62. The molecular weight excluding hydrogens is 398 g/mol. The van der Waals surface area contributed by atoms with Crippen LogP contribution in [0.2, 0.25) is 5.02 Å². The number of halogens is 1. The third-order valence-corrected chi connectivity index (χ3v) is 5.24. The van der Waals surface area contributed by atoms with Crippen molar-refractivity contribution in [1.29, 1.82) is 0 Å². The van der Waals surface area contributed by atoms with E-state index in [1.54, 1.807) is 0 Å². The van der Waals surface area contributed by atoms with Crippen LogP contribution in [0.25, 0.3) is 0 Å². The number of nitrogens with one attached hydrogen (secondary N) is 2. The normalized spacial score (nSPS) is 15.2. The summed E-state index contributed by atoms with van der Waals surface area (Å²) in [5, 5.41) is 7.48. The first-order valence-corrected chi connectivity index (χ1v) is 11.1. The predicted molar refractivity (Wildman–Crippen MR) is 123 cm³/mol. The number of nitrogens with zero attached hydrogens (tertiary/aromatic N) is 1. The number of hydrogen-bond acceptors (Lipinski definition) is 3. The van der Waals surface area contributed by atoms with Crippen molar-refractivity contribution in [3.63, 3.8) is 0 Å². The lowest BCUT2D eigenvalue weighted by atomic mass is 10.1. The second kappa shape index (κ2) is 12.6. The maximum Gasteiger partial charge on any atom is 0.191 e. The zero-order valence-corrected chi connectivity index (χ0v) is 18.5. The number of aliphatic imine (C=N–C) groups is 1. The van der Waals surface area contributed by atoms with E-state index in [0.29, 0.717) is 19.3 Å². The first-order valence-electron chi connectivity index (χ1n) is 10.8. The second-order valence-electron chi connectivity index (χ2n) is 7.44. The molecule has 5 nitrogen and oxygen atoms in total. The Morgan fingerprint density at radius 3 is 2.63 bits per heavy atom. The Bertz CT molecular complexity index is 807. The molecular formula is C24H32ClN3O2. The molecule has 2 aromatic carbocycles. The maximum atomic E-state index is 6.06. The van der Waals surface area contributed by atoms with E-state index < -0.39 is 0 Å². The van der Waals surface area contributed by atoms with Crippen molar-refractivity contribution in [1.82, 2.24) is 10.6 Å². The van der Waals surface area contributed by atoms with Gasteiger partial charge in [0.1, 0.15) is 0 Å². The molecule has 0 aromatic heterocycles. The summed E-state index contributed by atoms with van der Waals surface area (Å²) in [7, 11) is 0. The zero-order valence-electron chi connectivity index (χ0n) is 17.7. The Hall–Kier alpha value is -2.08. The second-order valence-corrected chi connectivity index (χ2v) is 7.88. The summed E-state index contributed by atoms with van der Waals surface area (Å²) in [6.07, 6.45) is 3.17. The molecule has 1 aliphatic heterocycles. The molecule has 0 amide bonds. The van der Waals surface area contributed by atoms with Gasteiger partial charge in [0.05, 0.1) is 19.3 Å². The summed E-state index contributed by atoms with van der Waals surface area (Å²) in [5.41, 5.74) is 3.58. The molecule has 0 aliphatic carbocycles. The molecule has 1 heterocycles. The van der Waals surface area contributed by atoms with Crippen LogP contribution in [0.3, 0.4) is 0 Å². The van der Waals surface area contributed by atoms with E-state index in [1.165, 1.54) is 16.7 Å². The van der Waals surface area contributed by atoms with Crippen molar-refractivity contribution < 1.29 is 9.47 Å². The standard InChI is InChI=1S/C24H32ClN3O2/c1-2-26-24(27-12-9-19-5-4-8-22(25)16-19)28-17-20-6-3-7-21(15-20)18-30-23-10-13-29-14-11-23/h3-8,15-16,23H,2,9-14,17-18H2,1H3,(H2,26,27,28). The molecule has 2 N–H and O–H groups in total. The minimum Gasteiger partial charge on any atom is -0.381 e. The third-order valence-electron chi connectivity index (χ3n) is 5.00. The van der Waals surface area contributed by atoms with E-state index in [4.69, 9.17) is 26.1 Å². The maximum absolute atomic E-state index is 6.06. The van der Waals surface area contributed by atoms with Crippen molar-refractivity contribution in [2.75, 3.05) is 26.3 Å². The highest BCUT2D eigenvalue weighted by Gasteiger charge is 2.14. The molecule has 1 saturated heterocycles. The van der Waals surface area contributed by atoms with Gasteiger partial charge in [-0.2, -0.15) is 0 Å². The molecule has 2 aromatic rings. The molecule has 162 valence electrons. The molecule has 0 radical (unpaired) electrons. The number of hydrogen-bond donors (Lipinski definition) is 2. The van der Waals surface area contributed by atoms with E-state index in [2.05, 4.69) is 47.9 Å². The van der Waals surface area contributed by atoms with Gasteiger partial charge in [0.25, 0.3) is 0 Å². The average Bonchev–Trinajstić information content (AvgIpc) is 2.77. The fourth-order valence-electron chi connectivity index (χ4n) is 3.40. The van der Waals surface area contributed by atoms with E-state index in [-0.39, 0.29) is 0 Å². The SMILES string of the molecule is CCNC(=NCc1cccc(COC2CCOCC2)c1)NCCc1cccc(Cl)c1. The van der Waals surface area contributed by atoms with E-state index >= 15 is 0 Å². The molecule has 0 atom stereocenters. The van der Waals surface area contributed by atoms with Crippen molar-refractivity contribution >= 4 is 17.6 Å². The summed E-state index contributed by atoms with van der Waals surface area (Å²) in [6, 6.07) is 16.4. The van der Waals surface area contributed by atoms with Crippen LogP contribution in [0.4, 0.5) is 0 Å². The van der Waals surface area contributed by atoms with Crippen molar-refractivity contribution in [2.45, 2.75) is 45.4 Å². The molecule has 30 heavy (non-hydrogen) atoms. The van der Waals surface area contributed by atoms with Crippen LogP contribution in [0.15, 0.2) is 53.5 Å². The fraction of sp³-hybridized carbons (Fsp3) is 0.458. The lowest BCUT2D eigenvalue weighted by Crippen LogP contribution is -2.38. The monoisotopic (exact) mass is 429 g/mol.